The molecule has 0 aromatic heterocycles. The number of methoxy groups -OCH3 is 1. The fourth-order valence-corrected chi connectivity index (χ4v) is 4.95. The maximum absolute atomic E-state index is 13.3. The zero-order chi connectivity index (χ0) is 28.7. The van der Waals surface area contributed by atoms with E-state index in [2.05, 4.69) is 10.3 Å². The van der Waals surface area contributed by atoms with E-state index in [1.54, 1.807) is 55.6 Å². The van der Waals surface area contributed by atoms with Crippen LogP contribution in [0.3, 0.4) is 0 Å². The molecule has 0 aliphatic carbocycles. The average molecular weight is 572 g/mol. The third-order valence-corrected chi connectivity index (χ3v) is 7.11. The van der Waals surface area contributed by atoms with Crippen LogP contribution in [-0.4, -0.2) is 40.8 Å². The molecule has 0 radical (unpaired) electrons. The van der Waals surface area contributed by atoms with Crippen molar-refractivity contribution in [2.75, 3.05) is 19.0 Å². The summed E-state index contributed by atoms with van der Waals surface area (Å²) in [7, 11) is 1.54. The first-order valence-electron chi connectivity index (χ1n) is 12.6. The number of alkyl halides is 3. The van der Waals surface area contributed by atoms with E-state index in [-0.39, 0.29) is 29.7 Å². The molecule has 11 heteroatoms. The van der Waals surface area contributed by atoms with Gasteiger partial charge in [-0.1, -0.05) is 36.9 Å². The lowest BCUT2D eigenvalue weighted by molar-refractivity contribution is -0.137. The molecular weight excluding hydrogens is 543 g/mol. The number of aliphatic imine (C=N–C) groups is 1. The fourth-order valence-electron chi connectivity index (χ4n) is 3.85. The van der Waals surface area contributed by atoms with Gasteiger partial charge in [-0.25, -0.2) is 4.99 Å². The molecule has 0 bridgehead atoms. The number of ether oxygens (including phenoxy) is 2. The van der Waals surface area contributed by atoms with E-state index in [0.29, 0.717) is 23.8 Å². The second-order valence-electron chi connectivity index (χ2n) is 8.94. The number of rotatable bonds is 9. The minimum atomic E-state index is -4.55. The smallest absolute Gasteiger partial charge is 0.416 e. The SMILES string of the molecule is CCCOc1ccc(NC(=O)C2CC(=O)N(Cc3ccc(OC)cc3)C(=Nc3cccc(C(F)(F)F)c3)S2)cc1. The number of carbonyl (C=O) groups excluding carboxylic acids is 2. The van der Waals surface area contributed by atoms with E-state index in [1.807, 2.05) is 6.92 Å². The lowest BCUT2D eigenvalue weighted by Crippen LogP contribution is -2.44. The van der Waals surface area contributed by atoms with Crippen LogP contribution in [0.5, 0.6) is 11.5 Å². The lowest BCUT2D eigenvalue weighted by atomic mass is 10.2. The molecule has 1 N–H and O–H groups in total. The van der Waals surface area contributed by atoms with Crippen molar-refractivity contribution in [3.8, 4) is 11.5 Å². The zero-order valence-electron chi connectivity index (χ0n) is 21.9. The van der Waals surface area contributed by atoms with Crippen molar-refractivity contribution in [2.24, 2.45) is 4.99 Å². The second-order valence-corrected chi connectivity index (χ2v) is 10.1. The van der Waals surface area contributed by atoms with Crippen LogP contribution in [-0.2, 0) is 22.3 Å². The molecule has 0 saturated carbocycles. The molecule has 1 aliphatic rings. The lowest BCUT2D eigenvalue weighted by Gasteiger charge is -2.32. The van der Waals surface area contributed by atoms with Crippen LogP contribution in [0.25, 0.3) is 0 Å². The number of hydrogen-bond donors (Lipinski definition) is 1. The predicted octanol–water partition coefficient (Wildman–Crippen LogP) is 6.66. The van der Waals surface area contributed by atoms with Crippen LogP contribution in [0.15, 0.2) is 77.8 Å². The molecule has 3 aromatic carbocycles. The molecule has 1 unspecified atom stereocenters. The highest BCUT2D eigenvalue weighted by Gasteiger charge is 2.36. The van der Waals surface area contributed by atoms with E-state index in [4.69, 9.17) is 9.47 Å². The molecule has 1 atom stereocenters. The normalized spacial score (nSPS) is 16.6. The zero-order valence-corrected chi connectivity index (χ0v) is 22.7. The highest BCUT2D eigenvalue weighted by molar-refractivity contribution is 8.15. The Labute approximate surface area is 234 Å². The molecular formula is C29H28F3N3O4S. The number of nitrogens with one attached hydrogen (secondary N) is 1. The van der Waals surface area contributed by atoms with Crippen molar-refractivity contribution in [3.05, 3.63) is 83.9 Å². The van der Waals surface area contributed by atoms with Gasteiger partial charge in [0.25, 0.3) is 0 Å². The maximum atomic E-state index is 13.3. The maximum Gasteiger partial charge on any atom is 0.416 e. The van der Waals surface area contributed by atoms with Gasteiger partial charge in [0.2, 0.25) is 11.8 Å². The van der Waals surface area contributed by atoms with Crippen LogP contribution < -0.4 is 14.8 Å². The van der Waals surface area contributed by atoms with Crippen molar-refractivity contribution in [2.45, 2.75) is 37.7 Å². The molecule has 2 amide bonds. The standard InChI is InChI=1S/C29H28F3N3O4S/c1-3-15-39-24-13-9-21(10-14-24)33-27(37)25-17-26(36)35(18-19-7-11-23(38-2)12-8-19)28(40-25)34-22-6-4-5-20(16-22)29(30,31)32/h4-14,16,25H,3,15,17-18H2,1-2H3,(H,33,37). The number of carbonyl (C=O) groups is 2. The molecule has 210 valence electrons. The first-order chi connectivity index (χ1) is 19.2. The van der Waals surface area contributed by atoms with Gasteiger partial charge in [-0.3, -0.25) is 14.5 Å². The highest BCUT2D eigenvalue weighted by atomic mass is 32.2. The largest absolute Gasteiger partial charge is 0.497 e. The van der Waals surface area contributed by atoms with Crippen molar-refractivity contribution in [3.63, 3.8) is 0 Å². The second kappa shape index (κ2) is 12.9. The molecule has 7 nitrogen and oxygen atoms in total. The van der Waals surface area contributed by atoms with Gasteiger partial charge in [0, 0.05) is 12.1 Å². The van der Waals surface area contributed by atoms with Crippen molar-refractivity contribution in [1.29, 1.82) is 0 Å². The summed E-state index contributed by atoms with van der Waals surface area (Å²) in [5.74, 6) is 0.527. The number of amidine groups is 1. The van der Waals surface area contributed by atoms with E-state index < -0.39 is 22.9 Å². The van der Waals surface area contributed by atoms with E-state index in [0.717, 1.165) is 35.9 Å². The van der Waals surface area contributed by atoms with Crippen LogP contribution in [0.1, 0.15) is 30.9 Å². The Hall–Kier alpha value is -3.99. The third kappa shape index (κ3) is 7.56. The Bertz CT molecular complexity index is 1360. The predicted molar refractivity (Wildman–Crippen MR) is 149 cm³/mol. The molecule has 0 spiro atoms. The Morgan fingerprint density at radius 1 is 1.07 bits per heavy atom. The molecule has 40 heavy (non-hydrogen) atoms. The Morgan fingerprint density at radius 3 is 2.42 bits per heavy atom. The minimum absolute atomic E-state index is 0.0218. The van der Waals surface area contributed by atoms with Crippen molar-refractivity contribution in [1.82, 2.24) is 4.90 Å². The van der Waals surface area contributed by atoms with Gasteiger partial charge in [0.1, 0.15) is 16.7 Å². The summed E-state index contributed by atoms with van der Waals surface area (Å²) in [5, 5.41) is 2.10. The fraction of sp³-hybridized carbons (Fsp3) is 0.276. The van der Waals surface area contributed by atoms with Gasteiger partial charge < -0.3 is 14.8 Å². The summed E-state index contributed by atoms with van der Waals surface area (Å²) in [4.78, 5) is 32.2. The average Bonchev–Trinajstić information content (AvgIpc) is 2.94. The molecule has 4 rings (SSSR count). The number of hydrogen-bond acceptors (Lipinski definition) is 6. The van der Waals surface area contributed by atoms with Crippen LogP contribution in [0, 0.1) is 0 Å². The number of halogens is 3. The Kier molecular flexibility index (Phi) is 9.36. The highest BCUT2D eigenvalue weighted by Crippen LogP contribution is 2.34. The molecule has 1 aliphatic heterocycles. The number of anilines is 1. The van der Waals surface area contributed by atoms with Crippen LogP contribution in [0.4, 0.5) is 24.5 Å². The summed E-state index contributed by atoms with van der Waals surface area (Å²) in [5.41, 5.74) is 0.455. The molecule has 1 fully saturated rings. The minimum Gasteiger partial charge on any atom is -0.497 e. The van der Waals surface area contributed by atoms with E-state index >= 15 is 0 Å². The van der Waals surface area contributed by atoms with Gasteiger partial charge in [0.05, 0.1) is 31.5 Å². The van der Waals surface area contributed by atoms with Gasteiger partial charge in [0.15, 0.2) is 5.17 Å². The van der Waals surface area contributed by atoms with Gasteiger partial charge in [-0.05, 0) is 66.6 Å². The topological polar surface area (TPSA) is 80.2 Å². The third-order valence-electron chi connectivity index (χ3n) is 5.92. The van der Waals surface area contributed by atoms with Gasteiger partial charge >= 0.3 is 6.18 Å². The summed E-state index contributed by atoms with van der Waals surface area (Å²) in [6.45, 7) is 2.70. The van der Waals surface area contributed by atoms with Gasteiger partial charge in [-0.2, -0.15) is 13.2 Å². The van der Waals surface area contributed by atoms with Crippen LogP contribution >= 0.6 is 11.8 Å². The summed E-state index contributed by atoms with van der Waals surface area (Å²) in [6, 6.07) is 18.5. The van der Waals surface area contributed by atoms with Crippen molar-refractivity contribution < 1.29 is 32.2 Å². The first-order valence-corrected chi connectivity index (χ1v) is 13.4. The van der Waals surface area contributed by atoms with Gasteiger partial charge in [-0.15, -0.1) is 0 Å². The van der Waals surface area contributed by atoms with E-state index in [1.165, 1.54) is 17.0 Å². The van der Waals surface area contributed by atoms with Crippen LogP contribution in [0.2, 0.25) is 0 Å². The number of benzene rings is 3. The molecule has 1 heterocycles. The number of amides is 2. The monoisotopic (exact) mass is 571 g/mol. The number of nitrogens with zero attached hydrogens (tertiary/aromatic N) is 2. The Morgan fingerprint density at radius 2 is 1.77 bits per heavy atom. The first kappa shape index (κ1) is 29.0. The molecule has 3 aromatic rings. The summed E-state index contributed by atoms with van der Waals surface area (Å²) in [6.07, 6.45) is -3.79. The Balaban J connectivity index is 1.58. The molecule has 1 saturated heterocycles. The summed E-state index contributed by atoms with van der Waals surface area (Å²) >= 11 is 1.03. The summed E-state index contributed by atoms with van der Waals surface area (Å²) < 4.78 is 50.7. The van der Waals surface area contributed by atoms with E-state index in [9.17, 15) is 22.8 Å². The quantitative estimate of drug-likeness (QED) is 0.311. The van der Waals surface area contributed by atoms with Crippen molar-refractivity contribution >= 4 is 40.1 Å². The number of thioether (sulfide) groups is 1.